The fraction of sp³-hybridized carbons (Fsp3) is 0.250. The molecular weight excluding hydrogens is 336 g/mol. The van der Waals surface area contributed by atoms with Gasteiger partial charge in [-0.25, -0.2) is 13.4 Å². The van der Waals surface area contributed by atoms with E-state index in [2.05, 4.69) is 9.71 Å². The first-order chi connectivity index (χ1) is 9.87. The molecule has 1 aromatic heterocycles. The molecule has 1 aromatic carbocycles. The number of halogens is 1. The van der Waals surface area contributed by atoms with Crippen LogP contribution in [0.15, 0.2) is 22.4 Å². The van der Waals surface area contributed by atoms with E-state index in [0.717, 1.165) is 0 Å². The van der Waals surface area contributed by atoms with Crippen LogP contribution in [0.2, 0.25) is 5.02 Å². The SMILES string of the molecule is COc1c(CO)cc(Cl)cc1S(=O)(=O)Nc1nc(C)cs1. The van der Waals surface area contributed by atoms with Crippen molar-refractivity contribution in [3.63, 3.8) is 0 Å². The summed E-state index contributed by atoms with van der Waals surface area (Å²) in [4.78, 5) is 3.90. The van der Waals surface area contributed by atoms with Gasteiger partial charge in [-0.1, -0.05) is 11.6 Å². The fourth-order valence-electron chi connectivity index (χ4n) is 1.74. The van der Waals surface area contributed by atoms with Crippen LogP contribution in [-0.4, -0.2) is 25.6 Å². The molecule has 0 spiro atoms. The van der Waals surface area contributed by atoms with Crippen LogP contribution in [-0.2, 0) is 16.6 Å². The molecule has 9 heteroatoms. The third-order valence-corrected chi connectivity index (χ3v) is 5.17. The molecular formula is C12H13ClN2O4S2. The molecule has 0 saturated carbocycles. The van der Waals surface area contributed by atoms with Crippen molar-refractivity contribution < 1.29 is 18.3 Å². The molecule has 0 unspecified atom stereocenters. The number of nitrogens with zero attached hydrogens (tertiary/aromatic N) is 1. The van der Waals surface area contributed by atoms with Gasteiger partial charge in [-0.3, -0.25) is 4.72 Å². The first-order valence-electron chi connectivity index (χ1n) is 5.79. The quantitative estimate of drug-likeness (QED) is 0.866. The van der Waals surface area contributed by atoms with E-state index in [9.17, 15) is 13.5 Å². The summed E-state index contributed by atoms with van der Waals surface area (Å²) < 4.78 is 32.4. The van der Waals surface area contributed by atoms with Crippen LogP contribution in [0.25, 0.3) is 0 Å². The van der Waals surface area contributed by atoms with Crippen LogP contribution in [0, 0.1) is 6.92 Å². The number of nitrogens with one attached hydrogen (secondary N) is 1. The predicted octanol–water partition coefficient (Wildman–Crippen LogP) is 2.41. The number of benzene rings is 1. The number of thiazole rings is 1. The molecule has 114 valence electrons. The van der Waals surface area contributed by atoms with Crippen molar-refractivity contribution in [2.45, 2.75) is 18.4 Å². The van der Waals surface area contributed by atoms with Crippen LogP contribution >= 0.6 is 22.9 Å². The first-order valence-corrected chi connectivity index (χ1v) is 8.53. The van der Waals surface area contributed by atoms with Crippen LogP contribution in [0.1, 0.15) is 11.3 Å². The third kappa shape index (κ3) is 3.46. The number of aliphatic hydroxyl groups is 1. The van der Waals surface area contributed by atoms with Crippen LogP contribution in [0.5, 0.6) is 5.75 Å². The Morgan fingerprint density at radius 3 is 2.71 bits per heavy atom. The number of hydrogen-bond donors (Lipinski definition) is 2. The number of anilines is 1. The minimum absolute atomic E-state index is 0.0580. The lowest BCUT2D eigenvalue weighted by atomic mass is 10.2. The lowest BCUT2D eigenvalue weighted by Gasteiger charge is -2.13. The summed E-state index contributed by atoms with van der Waals surface area (Å²) in [6, 6.07) is 2.72. The zero-order valence-corrected chi connectivity index (χ0v) is 13.6. The molecule has 0 aliphatic rings. The van der Waals surface area contributed by atoms with E-state index < -0.39 is 10.0 Å². The van der Waals surface area contributed by atoms with Crippen LogP contribution < -0.4 is 9.46 Å². The number of methoxy groups -OCH3 is 1. The van der Waals surface area contributed by atoms with Gasteiger partial charge in [0.05, 0.1) is 19.4 Å². The molecule has 2 rings (SSSR count). The largest absolute Gasteiger partial charge is 0.495 e. The predicted molar refractivity (Wildman–Crippen MR) is 81.6 cm³/mol. The van der Waals surface area contributed by atoms with E-state index >= 15 is 0 Å². The summed E-state index contributed by atoms with van der Waals surface area (Å²) >= 11 is 7.07. The third-order valence-electron chi connectivity index (χ3n) is 2.60. The highest BCUT2D eigenvalue weighted by Gasteiger charge is 2.24. The van der Waals surface area contributed by atoms with E-state index in [-0.39, 0.29) is 27.4 Å². The Kier molecular flexibility index (Phi) is 4.72. The zero-order valence-electron chi connectivity index (χ0n) is 11.3. The lowest BCUT2D eigenvalue weighted by molar-refractivity contribution is 0.272. The number of aromatic nitrogens is 1. The van der Waals surface area contributed by atoms with Crippen molar-refractivity contribution in [2.75, 3.05) is 11.8 Å². The van der Waals surface area contributed by atoms with Crippen molar-refractivity contribution in [3.8, 4) is 5.75 Å². The molecule has 0 aliphatic carbocycles. The Hall–Kier alpha value is -1.35. The Labute approximate surface area is 131 Å². The summed E-state index contributed by atoms with van der Waals surface area (Å²) in [6.07, 6.45) is 0. The maximum atomic E-state index is 12.4. The van der Waals surface area contributed by atoms with E-state index in [1.165, 1.54) is 30.6 Å². The van der Waals surface area contributed by atoms with Gasteiger partial charge in [0.1, 0.15) is 10.6 Å². The Morgan fingerprint density at radius 2 is 2.19 bits per heavy atom. The topological polar surface area (TPSA) is 88.5 Å². The summed E-state index contributed by atoms with van der Waals surface area (Å²) in [5, 5.41) is 11.5. The van der Waals surface area contributed by atoms with Crippen molar-refractivity contribution in [3.05, 3.63) is 33.8 Å². The summed E-state index contributed by atoms with van der Waals surface area (Å²) in [5.41, 5.74) is 1.01. The van der Waals surface area contributed by atoms with Gasteiger partial charge in [0.25, 0.3) is 10.0 Å². The van der Waals surface area contributed by atoms with Gasteiger partial charge < -0.3 is 9.84 Å². The van der Waals surface area contributed by atoms with Crippen molar-refractivity contribution >= 4 is 38.1 Å². The average Bonchev–Trinajstić information content (AvgIpc) is 2.82. The second kappa shape index (κ2) is 6.18. The highest BCUT2D eigenvalue weighted by molar-refractivity contribution is 7.93. The van der Waals surface area contributed by atoms with E-state index in [1.807, 2.05) is 0 Å². The Balaban J connectivity index is 2.51. The van der Waals surface area contributed by atoms with Gasteiger partial charge >= 0.3 is 0 Å². The fourth-order valence-corrected chi connectivity index (χ4v) is 4.23. The standard InChI is InChI=1S/C12H13ClN2O4S2/c1-7-6-20-12(14-7)15-21(17,18)10-4-9(13)3-8(5-16)11(10)19-2/h3-4,6,16H,5H2,1-2H3,(H,14,15). The second-order valence-corrected chi connectivity index (χ2v) is 7.10. The maximum absolute atomic E-state index is 12.4. The second-order valence-electron chi connectivity index (χ2n) is 4.15. The van der Waals surface area contributed by atoms with Gasteiger partial charge in [-0.2, -0.15) is 0 Å². The van der Waals surface area contributed by atoms with E-state index in [0.29, 0.717) is 11.3 Å². The van der Waals surface area contributed by atoms with E-state index in [4.69, 9.17) is 16.3 Å². The van der Waals surface area contributed by atoms with Crippen molar-refractivity contribution in [2.24, 2.45) is 0 Å². The summed E-state index contributed by atoms with van der Waals surface area (Å²) in [6.45, 7) is 1.38. The normalized spacial score (nSPS) is 11.4. The molecule has 0 saturated heterocycles. The zero-order chi connectivity index (χ0) is 15.6. The van der Waals surface area contributed by atoms with Gasteiger partial charge in [-0.15, -0.1) is 11.3 Å². The minimum atomic E-state index is -3.92. The molecule has 0 radical (unpaired) electrons. The number of aliphatic hydroxyl groups excluding tert-OH is 1. The molecule has 6 nitrogen and oxygen atoms in total. The average molecular weight is 349 g/mol. The molecule has 1 heterocycles. The van der Waals surface area contributed by atoms with Gasteiger partial charge in [0, 0.05) is 16.0 Å². The highest BCUT2D eigenvalue weighted by Crippen LogP contribution is 2.33. The van der Waals surface area contributed by atoms with Crippen molar-refractivity contribution in [1.82, 2.24) is 4.98 Å². The number of aryl methyl sites for hydroxylation is 1. The lowest BCUT2D eigenvalue weighted by Crippen LogP contribution is -2.15. The van der Waals surface area contributed by atoms with Gasteiger partial charge in [-0.05, 0) is 19.1 Å². The molecule has 0 aliphatic heterocycles. The Bertz CT molecular complexity index is 759. The van der Waals surface area contributed by atoms with Gasteiger partial charge in [0.2, 0.25) is 0 Å². The highest BCUT2D eigenvalue weighted by atomic mass is 35.5. The minimum Gasteiger partial charge on any atom is -0.495 e. The van der Waals surface area contributed by atoms with Gasteiger partial charge in [0.15, 0.2) is 5.13 Å². The molecule has 2 aromatic rings. The van der Waals surface area contributed by atoms with Crippen molar-refractivity contribution in [1.29, 1.82) is 0 Å². The summed E-state index contributed by atoms with van der Waals surface area (Å²) in [5.74, 6) is 0.0580. The molecule has 0 bridgehead atoms. The molecule has 21 heavy (non-hydrogen) atoms. The molecule has 0 fully saturated rings. The smallest absolute Gasteiger partial charge is 0.267 e. The monoisotopic (exact) mass is 348 g/mol. The molecule has 0 atom stereocenters. The Morgan fingerprint density at radius 1 is 1.48 bits per heavy atom. The van der Waals surface area contributed by atoms with Crippen LogP contribution in [0.4, 0.5) is 5.13 Å². The molecule has 0 amide bonds. The first kappa shape index (κ1) is 16.0. The molecule has 2 N–H and O–H groups in total. The number of hydrogen-bond acceptors (Lipinski definition) is 6. The number of sulfonamides is 1. The van der Waals surface area contributed by atoms with E-state index in [1.54, 1.807) is 12.3 Å². The van der Waals surface area contributed by atoms with Crippen LogP contribution in [0.3, 0.4) is 0 Å². The summed E-state index contributed by atoms with van der Waals surface area (Å²) in [7, 11) is -2.59. The number of rotatable bonds is 5. The maximum Gasteiger partial charge on any atom is 0.267 e. The number of ether oxygens (including phenoxy) is 1.